The summed E-state index contributed by atoms with van der Waals surface area (Å²) < 4.78 is 5.08. The molecule has 19 heavy (non-hydrogen) atoms. The highest BCUT2D eigenvalue weighted by atomic mass is 16.5. The highest BCUT2D eigenvalue weighted by molar-refractivity contribution is 6.03. The Morgan fingerprint density at radius 3 is 2.16 bits per heavy atom. The van der Waals surface area contributed by atoms with Crippen LogP contribution in [0.5, 0.6) is 5.75 Å². The van der Waals surface area contributed by atoms with Crippen molar-refractivity contribution >= 4 is 5.78 Å². The Morgan fingerprint density at radius 2 is 1.63 bits per heavy atom. The third-order valence-electron chi connectivity index (χ3n) is 3.20. The Kier molecular flexibility index (Phi) is 3.67. The molecule has 0 aliphatic carbocycles. The second-order valence-electron chi connectivity index (χ2n) is 4.63. The third-order valence-corrected chi connectivity index (χ3v) is 3.20. The van der Waals surface area contributed by atoms with Crippen LogP contribution in [-0.4, -0.2) is 12.9 Å². The van der Waals surface area contributed by atoms with Gasteiger partial charge in [-0.25, -0.2) is 0 Å². The van der Waals surface area contributed by atoms with Gasteiger partial charge in [0.15, 0.2) is 5.78 Å². The first-order valence-electron chi connectivity index (χ1n) is 6.09. The molecule has 1 atom stereocenters. The topological polar surface area (TPSA) is 52.3 Å². The fraction of sp³-hybridized carbons (Fsp3) is 0.188. The van der Waals surface area contributed by atoms with E-state index in [1.54, 1.807) is 38.3 Å². The molecule has 2 aromatic rings. The summed E-state index contributed by atoms with van der Waals surface area (Å²) in [4.78, 5) is 12.5. The van der Waals surface area contributed by atoms with Gasteiger partial charge in [-0.15, -0.1) is 0 Å². The number of ketones is 1. The van der Waals surface area contributed by atoms with Crippen LogP contribution in [-0.2, 0) is 5.54 Å². The summed E-state index contributed by atoms with van der Waals surface area (Å²) >= 11 is 0. The van der Waals surface area contributed by atoms with E-state index in [0.29, 0.717) is 5.56 Å². The van der Waals surface area contributed by atoms with Gasteiger partial charge >= 0.3 is 0 Å². The van der Waals surface area contributed by atoms with Gasteiger partial charge in [0.25, 0.3) is 0 Å². The summed E-state index contributed by atoms with van der Waals surface area (Å²) in [6.45, 7) is 1.73. The van der Waals surface area contributed by atoms with Gasteiger partial charge in [0, 0.05) is 5.56 Å². The number of hydrogen-bond acceptors (Lipinski definition) is 3. The van der Waals surface area contributed by atoms with Crippen LogP contribution in [0.15, 0.2) is 54.6 Å². The Balaban J connectivity index is 2.32. The molecule has 2 N–H and O–H groups in total. The second kappa shape index (κ2) is 5.24. The largest absolute Gasteiger partial charge is 0.497 e. The maximum atomic E-state index is 12.5. The van der Waals surface area contributed by atoms with Crippen LogP contribution in [0, 0.1) is 0 Å². The zero-order valence-corrected chi connectivity index (χ0v) is 11.1. The molecule has 0 aromatic heterocycles. The van der Waals surface area contributed by atoms with E-state index in [4.69, 9.17) is 10.5 Å². The molecule has 1 unspecified atom stereocenters. The molecule has 0 fully saturated rings. The number of rotatable bonds is 4. The van der Waals surface area contributed by atoms with Crippen molar-refractivity contribution in [1.29, 1.82) is 0 Å². The molecule has 2 aromatic carbocycles. The number of hydrogen-bond donors (Lipinski definition) is 1. The summed E-state index contributed by atoms with van der Waals surface area (Å²) in [5, 5.41) is 0. The number of nitrogens with two attached hydrogens (primary N) is 1. The zero-order chi connectivity index (χ0) is 13.9. The van der Waals surface area contributed by atoms with Crippen LogP contribution in [0.2, 0.25) is 0 Å². The number of carbonyl (C=O) groups excluding carboxylic acids is 1. The van der Waals surface area contributed by atoms with Gasteiger partial charge in [-0.3, -0.25) is 4.79 Å². The van der Waals surface area contributed by atoms with Crippen molar-refractivity contribution in [2.45, 2.75) is 12.5 Å². The second-order valence-corrected chi connectivity index (χ2v) is 4.63. The summed E-state index contributed by atoms with van der Waals surface area (Å²) in [7, 11) is 1.59. The van der Waals surface area contributed by atoms with Crippen LogP contribution in [0.1, 0.15) is 22.8 Å². The maximum absolute atomic E-state index is 12.5. The van der Waals surface area contributed by atoms with E-state index in [2.05, 4.69) is 0 Å². The number of Topliss-reactive ketones (excluding diaryl/α,β-unsaturated/α-hetero) is 1. The molecule has 0 aliphatic rings. The number of methoxy groups -OCH3 is 1. The van der Waals surface area contributed by atoms with Crippen LogP contribution < -0.4 is 10.5 Å². The minimum atomic E-state index is -1.03. The van der Waals surface area contributed by atoms with Crippen molar-refractivity contribution in [2.24, 2.45) is 5.73 Å². The van der Waals surface area contributed by atoms with Gasteiger partial charge in [-0.1, -0.05) is 30.3 Å². The van der Waals surface area contributed by atoms with E-state index in [-0.39, 0.29) is 5.78 Å². The molecule has 0 saturated carbocycles. The van der Waals surface area contributed by atoms with E-state index in [1.807, 2.05) is 30.3 Å². The smallest absolute Gasteiger partial charge is 0.186 e. The Bertz CT molecular complexity index is 559. The minimum Gasteiger partial charge on any atom is -0.497 e. The molecule has 3 nitrogen and oxygen atoms in total. The molecule has 0 spiro atoms. The summed E-state index contributed by atoms with van der Waals surface area (Å²) in [5.41, 5.74) is 6.55. The van der Waals surface area contributed by atoms with Gasteiger partial charge in [0.05, 0.1) is 7.11 Å². The Hall–Kier alpha value is -2.13. The summed E-state index contributed by atoms with van der Waals surface area (Å²) in [6, 6.07) is 16.4. The van der Waals surface area contributed by atoms with Crippen molar-refractivity contribution in [3.8, 4) is 5.75 Å². The number of carbonyl (C=O) groups is 1. The average Bonchev–Trinajstić information content (AvgIpc) is 2.47. The highest BCUT2D eigenvalue weighted by Gasteiger charge is 2.31. The lowest BCUT2D eigenvalue weighted by Crippen LogP contribution is -2.41. The van der Waals surface area contributed by atoms with Gasteiger partial charge in [-0.05, 0) is 36.8 Å². The quantitative estimate of drug-likeness (QED) is 0.855. The van der Waals surface area contributed by atoms with Gasteiger partial charge < -0.3 is 10.5 Å². The molecule has 98 valence electrons. The third kappa shape index (κ3) is 2.66. The lowest BCUT2D eigenvalue weighted by molar-refractivity contribution is 0.0900. The maximum Gasteiger partial charge on any atom is 0.186 e. The van der Waals surface area contributed by atoms with Crippen LogP contribution in [0.4, 0.5) is 0 Å². The van der Waals surface area contributed by atoms with E-state index >= 15 is 0 Å². The van der Waals surface area contributed by atoms with Gasteiger partial charge in [0.1, 0.15) is 11.3 Å². The molecule has 0 heterocycles. The highest BCUT2D eigenvalue weighted by Crippen LogP contribution is 2.23. The fourth-order valence-electron chi connectivity index (χ4n) is 1.96. The van der Waals surface area contributed by atoms with E-state index in [1.165, 1.54) is 0 Å². The molecule has 2 rings (SSSR count). The Morgan fingerprint density at radius 1 is 1.05 bits per heavy atom. The standard InChI is InChI=1S/C16H17NO2/c1-16(17,13-6-4-3-5-7-13)15(18)12-8-10-14(19-2)11-9-12/h3-11H,17H2,1-2H3. The van der Waals surface area contributed by atoms with Crippen molar-refractivity contribution < 1.29 is 9.53 Å². The molecule has 0 aliphatic heterocycles. The minimum absolute atomic E-state index is 0.110. The van der Waals surface area contributed by atoms with Crippen molar-refractivity contribution in [3.05, 3.63) is 65.7 Å². The van der Waals surface area contributed by atoms with Crippen molar-refractivity contribution in [2.75, 3.05) is 7.11 Å². The van der Waals surface area contributed by atoms with Gasteiger partial charge in [-0.2, -0.15) is 0 Å². The normalized spacial score (nSPS) is 13.6. The lowest BCUT2D eigenvalue weighted by Gasteiger charge is -2.23. The molecule has 0 radical (unpaired) electrons. The molecule has 3 heteroatoms. The molecule has 0 bridgehead atoms. The first-order chi connectivity index (χ1) is 9.05. The first kappa shape index (κ1) is 13.3. The van der Waals surface area contributed by atoms with Gasteiger partial charge in [0.2, 0.25) is 0 Å². The monoisotopic (exact) mass is 255 g/mol. The van der Waals surface area contributed by atoms with E-state index in [0.717, 1.165) is 11.3 Å². The van der Waals surface area contributed by atoms with Crippen molar-refractivity contribution in [1.82, 2.24) is 0 Å². The number of benzene rings is 2. The summed E-state index contributed by atoms with van der Waals surface area (Å²) in [5.74, 6) is 0.608. The van der Waals surface area contributed by atoms with Crippen molar-refractivity contribution in [3.63, 3.8) is 0 Å². The Labute approximate surface area is 113 Å². The predicted octanol–water partition coefficient (Wildman–Crippen LogP) is 2.75. The molecule has 0 saturated heterocycles. The fourth-order valence-corrected chi connectivity index (χ4v) is 1.96. The van der Waals surface area contributed by atoms with Crippen LogP contribution in [0.3, 0.4) is 0 Å². The zero-order valence-electron chi connectivity index (χ0n) is 11.1. The summed E-state index contributed by atoms with van der Waals surface area (Å²) in [6.07, 6.45) is 0. The lowest BCUT2D eigenvalue weighted by atomic mass is 9.85. The van der Waals surface area contributed by atoms with E-state index < -0.39 is 5.54 Å². The molecule has 0 amide bonds. The average molecular weight is 255 g/mol. The SMILES string of the molecule is COc1ccc(C(=O)C(C)(N)c2ccccc2)cc1. The van der Waals surface area contributed by atoms with E-state index in [9.17, 15) is 4.79 Å². The molecular weight excluding hydrogens is 238 g/mol. The predicted molar refractivity (Wildman–Crippen MR) is 75.3 cm³/mol. The van der Waals surface area contributed by atoms with Crippen LogP contribution in [0.25, 0.3) is 0 Å². The van der Waals surface area contributed by atoms with Crippen LogP contribution >= 0.6 is 0 Å². The first-order valence-corrected chi connectivity index (χ1v) is 6.09. The number of ether oxygens (including phenoxy) is 1. The molecular formula is C16H17NO2.